The van der Waals surface area contributed by atoms with Crippen LogP contribution in [0.3, 0.4) is 0 Å². The highest BCUT2D eigenvalue weighted by Gasteiger charge is 2.31. The maximum absolute atomic E-state index is 13.3. The van der Waals surface area contributed by atoms with Crippen molar-refractivity contribution in [1.82, 2.24) is 10.2 Å². The van der Waals surface area contributed by atoms with Crippen molar-refractivity contribution >= 4 is 46.8 Å². The van der Waals surface area contributed by atoms with E-state index in [0.717, 1.165) is 37.0 Å². The van der Waals surface area contributed by atoms with E-state index in [9.17, 15) is 9.59 Å². The van der Waals surface area contributed by atoms with E-state index < -0.39 is 6.04 Å². The third-order valence-corrected chi connectivity index (χ3v) is 7.51. The molecular formula is C25H30Cl2N2O2S. The quantitative estimate of drug-likeness (QED) is 0.436. The minimum Gasteiger partial charge on any atom is -0.352 e. The number of amides is 2. The van der Waals surface area contributed by atoms with Crippen molar-refractivity contribution in [2.24, 2.45) is 0 Å². The zero-order valence-corrected chi connectivity index (χ0v) is 20.7. The Labute approximate surface area is 205 Å². The van der Waals surface area contributed by atoms with Gasteiger partial charge in [-0.05, 0) is 37.0 Å². The van der Waals surface area contributed by atoms with Gasteiger partial charge in [-0.1, -0.05) is 79.4 Å². The van der Waals surface area contributed by atoms with Gasteiger partial charge < -0.3 is 10.2 Å². The number of nitrogens with one attached hydrogen (secondary N) is 1. The molecule has 172 valence electrons. The summed E-state index contributed by atoms with van der Waals surface area (Å²) in [6, 6.07) is 15.0. The molecule has 1 saturated carbocycles. The highest BCUT2D eigenvalue weighted by molar-refractivity contribution is 7.99. The fraction of sp³-hybridized carbons (Fsp3) is 0.440. The first-order valence-corrected chi connectivity index (χ1v) is 13.0. The Morgan fingerprint density at radius 2 is 1.72 bits per heavy atom. The minimum atomic E-state index is -0.562. The molecule has 1 atom stereocenters. The molecule has 0 aliphatic heterocycles. The molecule has 0 spiro atoms. The molecule has 2 aromatic rings. The SMILES string of the molecule is CCC(C(=O)NC1CCCC1)N(Cc1c(Cl)cccc1Cl)C(=O)CSCc1ccccc1. The van der Waals surface area contributed by atoms with Crippen molar-refractivity contribution in [1.29, 1.82) is 0 Å². The monoisotopic (exact) mass is 492 g/mol. The third kappa shape index (κ3) is 6.90. The lowest BCUT2D eigenvalue weighted by Crippen LogP contribution is -2.51. The molecule has 2 amide bonds. The second-order valence-electron chi connectivity index (χ2n) is 8.11. The van der Waals surface area contributed by atoms with E-state index >= 15 is 0 Å². The minimum absolute atomic E-state index is 0.0876. The molecule has 0 aromatic heterocycles. The van der Waals surface area contributed by atoms with Crippen LogP contribution in [0.4, 0.5) is 0 Å². The maximum Gasteiger partial charge on any atom is 0.243 e. The van der Waals surface area contributed by atoms with Gasteiger partial charge in [0, 0.05) is 33.9 Å². The molecule has 1 aliphatic carbocycles. The molecule has 1 N–H and O–H groups in total. The van der Waals surface area contributed by atoms with Gasteiger partial charge in [0.25, 0.3) is 0 Å². The van der Waals surface area contributed by atoms with Gasteiger partial charge in [-0.3, -0.25) is 9.59 Å². The van der Waals surface area contributed by atoms with Crippen molar-refractivity contribution < 1.29 is 9.59 Å². The summed E-state index contributed by atoms with van der Waals surface area (Å²) in [5.74, 6) is 0.835. The van der Waals surface area contributed by atoms with E-state index in [2.05, 4.69) is 5.32 Å². The Balaban J connectivity index is 1.75. The van der Waals surface area contributed by atoms with Crippen molar-refractivity contribution in [3.05, 3.63) is 69.7 Å². The molecule has 7 heteroatoms. The molecule has 0 saturated heterocycles. The van der Waals surface area contributed by atoms with Gasteiger partial charge in [0.05, 0.1) is 5.75 Å². The Kier molecular flexibility index (Phi) is 9.76. The fourth-order valence-corrected chi connectivity index (χ4v) is 5.44. The summed E-state index contributed by atoms with van der Waals surface area (Å²) in [5.41, 5.74) is 1.83. The van der Waals surface area contributed by atoms with Gasteiger partial charge in [0.1, 0.15) is 6.04 Å². The summed E-state index contributed by atoms with van der Waals surface area (Å²) < 4.78 is 0. The van der Waals surface area contributed by atoms with Gasteiger partial charge in [-0.25, -0.2) is 0 Å². The van der Waals surface area contributed by atoms with Crippen LogP contribution in [0.15, 0.2) is 48.5 Å². The van der Waals surface area contributed by atoms with Crippen molar-refractivity contribution in [2.75, 3.05) is 5.75 Å². The molecule has 1 unspecified atom stereocenters. The summed E-state index contributed by atoms with van der Waals surface area (Å²) in [4.78, 5) is 28.1. The van der Waals surface area contributed by atoms with Gasteiger partial charge in [-0.2, -0.15) is 0 Å². The fourth-order valence-electron chi connectivity index (χ4n) is 4.05. The average Bonchev–Trinajstić information content (AvgIpc) is 3.29. The number of carbonyl (C=O) groups excluding carboxylic acids is 2. The lowest BCUT2D eigenvalue weighted by molar-refractivity contribution is -0.139. The highest BCUT2D eigenvalue weighted by atomic mass is 35.5. The molecule has 4 nitrogen and oxygen atoms in total. The number of nitrogens with zero attached hydrogens (tertiary/aromatic N) is 1. The van der Waals surface area contributed by atoms with E-state index in [4.69, 9.17) is 23.2 Å². The summed E-state index contributed by atoms with van der Waals surface area (Å²) in [6.45, 7) is 2.14. The Bertz CT molecular complexity index is 884. The van der Waals surface area contributed by atoms with Crippen molar-refractivity contribution in [2.45, 2.75) is 63.4 Å². The largest absolute Gasteiger partial charge is 0.352 e. The molecule has 1 fully saturated rings. The first kappa shape index (κ1) is 24.9. The Morgan fingerprint density at radius 1 is 1.06 bits per heavy atom. The third-order valence-electron chi connectivity index (χ3n) is 5.81. The number of halogens is 2. The predicted molar refractivity (Wildman–Crippen MR) is 134 cm³/mol. The zero-order valence-electron chi connectivity index (χ0n) is 18.4. The molecule has 2 aromatic carbocycles. The molecule has 3 rings (SSSR count). The van der Waals surface area contributed by atoms with Crippen molar-refractivity contribution in [3.8, 4) is 0 Å². The van der Waals surface area contributed by atoms with Crippen LogP contribution in [0.5, 0.6) is 0 Å². The van der Waals surface area contributed by atoms with Crippen LogP contribution in [0.25, 0.3) is 0 Å². The topological polar surface area (TPSA) is 49.4 Å². The van der Waals surface area contributed by atoms with Gasteiger partial charge in [-0.15, -0.1) is 11.8 Å². The van der Waals surface area contributed by atoms with E-state index in [1.807, 2.05) is 37.3 Å². The highest BCUT2D eigenvalue weighted by Crippen LogP contribution is 2.28. The van der Waals surface area contributed by atoms with E-state index in [1.54, 1.807) is 34.9 Å². The molecule has 0 bridgehead atoms. The van der Waals surface area contributed by atoms with E-state index in [1.165, 1.54) is 0 Å². The second kappa shape index (κ2) is 12.5. The summed E-state index contributed by atoms with van der Waals surface area (Å²) >= 11 is 14.3. The second-order valence-corrected chi connectivity index (χ2v) is 9.91. The first-order chi connectivity index (χ1) is 15.5. The van der Waals surface area contributed by atoms with Gasteiger partial charge in [0.15, 0.2) is 0 Å². The summed E-state index contributed by atoms with van der Waals surface area (Å²) in [5, 5.41) is 4.15. The van der Waals surface area contributed by atoms with Crippen molar-refractivity contribution in [3.63, 3.8) is 0 Å². The summed E-state index contributed by atoms with van der Waals surface area (Å²) in [7, 11) is 0. The molecule has 0 heterocycles. The predicted octanol–water partition coefficient (Wildman–Crippen LogP) is 6.09. The standard InChI is InChI=1S/C25H30Cl2N2O2S/c1-2-23(25(31)28-19-11-6-7-12-19)29(15-20-21(26)13-8-14-22(20)27)24(30)17-32-16-18-9-4-3-5-10-18/h3-5,8-10,13-14,19,23H,2,6-7,11-12,15-17H2,1H3,(H,28,31). The molecular weight excluding hydrogens is 463 g/mol. The van der Waals surface area contributed by atoms with Crippen LogP contribution in [0.1, 0.15) is 50.2 Å². The maximum atomic E-state index is 13.3. The van der Waals surface area contributed by atoms with Gasteiger partial charge >= 0.3 is 0 Å². The lowest BCUT2D eigenvalue weighted by atomic mass is 10.1. The van der Waals surface area contributed by atoms with Crippen LogP contribution in [0.2, 0.25) is 10.0 Å². The Hall–Kier alpha value is -1.69. The Morgan fingerprint density at radius 3 is 2.34 bits per heavy atom. The zero-order chi connectivity index (χ0) is 22.9. The normalized spacial score (nSPS) is 14.8. The smallest absolute Gasteiger partial charge is 0.243 e. The van der Waals surface area contributed by atoms with Crippen LogP contribution in [0, 0.1) is 0 Å². The lowest BCUT2D eigenvalue weighted by Gasteiger charge is -2.32. The van der Waals surface area contributed by atoms with Crippen LogP contribution >= 0.6 is 35.0 Å². The molecule has 32 heavy (non-hydrogen) atoms. The number of hydrogen-bond acceptors (Lipinski definition) is 3. The van der Waals surface area contributed by atoms with Crippen LogP contribution < -0.4 is 5.32 Å². The van der Waals surface area contributed by atoms with Crippen LogP contribution in [-0.2, 0) is 21.9 Å². The van der Waals surface area contributed by atoms with Gasteiger partial charge in [0.2, 0.25) is 11.8 Å². The number of rotatable bonds is 10. The number of carbonyl (C=O) groups is 2. The number of benzene rings is 2. The van der Waals surface area contributed by atoms with E-state index in [0.29, 0.717) is 22.0 Å². The number of thioether (sulfide) groups is 1. The average molecular weight is 494 g/mol. The molecule has 0 radical (unpaired) electrons. The van der Waals surface area contributed by atoms with E-state index in [-0.39, 0.29) is 30.2 Å². The first-order valence-electron chi connectivity index (χ1n) is 11.1. The molecule has 1 aliphatic rings. The van der Waals surface area contributed by atoms with Crippen LogP contribution in [-0.4, -0.2) is 34.6 Å². The number of hydrogen-bond donors (Lipinski definition) is 1. The summed E-state index contributed by atoms with van der Waals surface area (Å²) in [6.07, 6.45) is 4.79.